The molecule has 0 atom stereocenters. The quantitative estimate of drug-likeness (QED) is 0.643. The lowest BCUT2D eigenvalue weighted by molar-refractivity contribution is 0.299. The fraction of sp³-hybridized carbons (Fsp3) is 0.238. The second-order valence-corrected chi connectivity index (χ2v) is 6.09. The van der Waals surface area contributed by atoms with Crippen molar-refractivity contribution in [2.45, 2.75) is 13.0 Å². The van der Waals surface area contributed by atoms with Gasteiger partial charge in [0.15, 0.2) is 0 Å². The monoisotopic (exact) mass is 366 g/mol. The van der Waals surface area contributed by atoms with Crippen LogP contribution in [0.25, 0.3) is 0 Å². The summed E-state index contributed by atoms with van der Waals surface area (Å²) in [5.41, 5.74) is 2.42. The molecule has 140 valence electrons. The normalized spacial score (nSPS) is 10.5. The zero-order valence-corrected chi connectivity index (χ0v) is 15.6. The van der Waals surface area contributed by atoms with Gasteiger partial charge in [-0.3, -0.25) is 4.79 Å². The molecule has 2 aromatic carbocycles. The van der Waals surface area contributed by atoms with E-state index in [0.29, 0.717) is 36.0 Å². The Bertz CT molecular complexity index is 945. The van der Waals surface area contributed by atoms with Crippen LogP contribution in [-0.2, 0) is 20.1 Å². The Morgan fingerprint density at radius 2 is 1.59 bits per heavy atom. The van der Waals surface area contributed by atoms with Gasteiger partial charge in [-0.1, -0.05) is 30.3 Å². The number of hydrogen-bond acceptors (Lipinski definition) is 5. The predicted octanol–water partition coefficient (Wildman–Crippen LogP) is 2.97. The van der Waals surface area contributed by atoms with Crippen molar-refractivity contribution in [2.75, 3.05) is 14.2 Å². The molecule has 6 nitrogen and oxygen atoms in total. The molecule has 1 heterocycles. The lowest BCUT2D eigenvalue weighted by Gasteiger charge is -2.13. The third-order valence-corrected chi connectivity index (χ3v) is 4.15. The van der Waals surface area contributed by atoms with Crippen LogP contribution in [0, 0.1) is 0 Å². The maximum Gasteiger partial charge on any atom is 0.270 e. The molecule has 0 aliphatic carbocycles. The highest BCUT2D eigenvalue weighted by molar-refractivity contribution is 5.41. The van der Waals surface area contributed by atoms with E-state index in [4.69, 9.17) is 14.2 Å². The second kappa shape index (κ2) is 8.40. The molecule has 0 unspecified atom stereocenters. The highest BCUT2D eigenvalue weighted by Crippen LogP contribution is 2.26. The first-order chi connectivity index (χ1) is 13.1. The van der Waals surface area contributed by atoms with E-state index in [1.54, 1.807) is 21.3 Å². The lowest BCUT2D eigenvalue weighted by atomic mass is 10.1. The van der Waals surface area contributed by atoms with Crippen molar-refractivity contribution in [1.82, 2.24) is 9.78 Å². The molecule has 0 aliphatic heterocycles. The third-order valence-electron chi connectivity index (χ3n) is 4.15. The molecule has 3 rings (SSSR count). The zero-order chi connectivity index (χ0) is 19.2. The maximum absolute atomic E-state index is 12.0. The summed E-state index contributed by atoms with van der Waals surface area (Å²) < 4.78 is 17.9. The Kier molecular flexibility index (Phi) is 5.76. The highest BCUT2D eigenvalue weighted by Gasteiger charge is 2.12. The van der Waals surface area contributed by atoms with E-state index in [2.05, 4.69) is 5.10 Å². The summed E-state index contributed by atoms with van der Waals surface area (Å²) in [7, 11) is 4.84. The average Bonchev–Trinajstić information content (AvgIpc) is 2.70. The van der Waals surface area contributed by atoms with E-state index in [1.165, 1.54) is 10.7 Å². The molecule has 6 heteroatoms. The summed E-state index contributed by atoms with van der Waals surface area (Å²) in [6.07, 6.45) is 0.478. The van der Waals surface area contributed by atoms with Crippen LogP contribution in [0.5, 0.6) is 17.2 Å². The van der Waals surface area contributed by atoms with Crippen LogP contribution in [-0.4, -0.2) is 24.0 Å². The van der Waals surface area contributed by atoms with Gasteiger partial charge in [0.2, 0.25) is 0 Å². The van der Waals surface area contributed by atoms with Gasteiger partial charge in [0, 0.05) is 25.6 Å². The Balaban J connectivity index is 1.90. The molecule has 0 fully saturated rings. The molecule has 3 aromatic rings. The van der Waals surface area contributed by atoms with Gasteiger partial charge in [0.25, 0.3) is 5.56 Å². The van der Waals surface area contributed by atoms with Crippen molar-refractivity contribution < 1.29 is 14.2 Å². The van der Waals surface area contributed by atoms with Crippen molar-refractivity contribution in [2.24, 2.45) is 7.05 Å². The Morgan fingerprint density at radius 1 is 0.926 bits per heavy atom. The van der Waals surface area contributed by atoms with E-state index in [1.807, 2.05) is 48.5 Å². The largest absolute Gasteiger partial charge is 0.497 e. The number of aryl methyl sites for hydroxylation is 1. The Hall–Kier alpha value is -3.28. The maximum atomic E-state index is 12.0. The Morgan fingerprint density at radius 3 is 2.22 bits per heavy atom. The van der Waals surface area contributed by atoms with Gasteiger partial charge < -0.3 is 14.2 Å². The number of aromatic nitrogens is 2. The van der Waals surface area contributed by atoms with Gasteiger partial charge >= 0.3 is 0 Å². The molecule has 0 saturated carbocycles. The van der Waals surface area contributed by atoms with Crippen molar-refractivity contribution in [3.63, 3.8) is 0 Å². The van der Waals surface area contributed by atoms with Crippen LogP contribution in [0.1, 0.15) is 16.8 Å². The summed E-state index contributed by atoms with van der Waals surface area (Å²) in [5, 5.41) is 4.39. The first kappa shape index (κ1) is 18.5. The third kappa shape index (κ3) is 4.67. The topological polar surface area (TPSA) is 62.6 Å². The fourth-order valence-electron chi connectivity index (χ4n) is 2.71. The first-order valence-electron chi connectivity index (χ1n) is 8.55. The Labute approximate surface area is 157 Å². The lowest BCUT2D eigenvalue weighted by Crippen LogP contribution is -2.21. The summed E-state index contributed by atoms with van der Waals surface area (Å²) in [6, 6.07) is 16.9. The van der Waals surface area contributed by atoms with Crippen LogP contribution in [0.4, 0.5) is 0 Å². The predicted molar refractivity (Wildman–Crippen MR) is 103 cm³/mol. The van der Waals surface area contributed by atoms with Gasteiger partial charge in [0.1, 0.15) is 29.5 Å². The molecule has 0 amide bonds. The first-order valence-corrected chi connectivity index (χ1v) is 8.55. The van der Waals surface area contributed by atoms with Gasteiger partial charge in [-0.25, -0.2) is 4.68 Å². The summed E-state index contributed by atoms with van der Waals surface area (Å²) in [5.74, 6) is 1.87. The van der Waals surface area contributed by atoms with E-state index < -0.39 is 0 Å². The fourth-order valence-corrected chi connectivity index (χ4v) is 2.71. The molecule has 0 radical (unpaired) electrons. The molecule has 0 N–H and O–H groups in total. The van der Waals surface area contributed by atoms with Crippen LogP contribution in [0.2, 0.25) is 0 Å². The molecule has 0 aliphatic rings. The molecule has 27 heavy (non-hydrogen) atoms. The molecular formula is C21H22N2O4. The summed E-state index contributed by atoms with van der Waals surface area (Å²) in [4.78, 5) is 12.0. The summed E-state index contributed by atoms with van der Waals surface area (Å²) in [6.45, 7) is 0.365. The van der Waals surface area contributed by atoms with Crippen LogP contribution >= 0.6 is 0 Å². The zero-order valence-electron chi connectivity index (χ0n) is 15.6. The van der Waals surface area contributed by atoms with E-state index >= 15 is 0 Å². The van der Waals surface area contributed by atoms with Gasteiger partial charge in [-0.15, -0.1) is 0 Å². The van der Waals surface area contributed by atoms with E-state index in [9.17, 15) is 4.79 Å². The minimum Gasteiger partial charge on any atom is -0.497 e. The smallest absolute Gasteiger partial charge is 0.270 e. The van der Waals surface area contributed by atoms with Crippen molar-refractivity contribution in [1.29, 1.82) is 0 Å². The number of methoxy groups -OCH3 is 2. The number of benzene rings is 2. The molecule has 0 spiro atoms. The number of hydrogen-bond donors (Lipinski definition) is 0. The van der Waals surface area contributed by atoms with Crippen LogP contribution in [0.15, 0.2) is 59.4 Å². The van der Waals surface area contributed by atoms with Gasteiger partial charge in [-0.2, -0.15) is 5.10 Å². The van der Waals surface area contributed by atoms with Crippen molar-refractivity contribution in [3.8, 4) is 17.2 Å². The standard InChI is InChI=1S/C21H22N2O4/c1-23-21(24)13-20(27-14-15-7-5-4-6-8-15)19(22-23)11-16-9-17(25-2)12-18(10-16)26-3/h4-10,12-13H,11,14H2,1-3H3. The number of ether oxygens (including phenoxy) is 3. The minimum atomic E-state index is -0.218. The summed E-state index contributed by atoms with van der Waals surface area (Å²) >= 11 is 0. The van der Waals surface area contributed by atoms with Gasteiger partial charge in [-0.05, 0) is 23.3 Å². The van der Waals surface area contributed by atoms with E-state index in [0.717, 1.165) is 11.1 Å². The second-order valence-electron chi connectivity index (χ2n) is 6.09. The van der Waals surface area contributed by atoms with Crippen LogP contribution < -0.4 is 19.8 Å². The SMILES string of the molecule is COc1cc(Cc2nn(C)c(=O)cc2OCc2ccccc2)cc(OC)c1. The number of nitrogens with zero attached hydrogens (tertiary/aromatic N) is 2. The molecular weight excluding hydrogens is 344 g/mol. The molecule has 1 aromatic heterocycles. The van der Waals surface area contributed by atoms with Crippen LogP contribution in [0.3, 0.4) is 0 Å². The number of rotatable bonds is 7. The molecule has 0 saturated heterocycles. The average molecular weight is 366 g/mol. The van der Waals surface area contributed by atoms with Gasteiger partial charge in [0.05, 0.1) is 14.2 Å². The minimum absolute atomic E-state index is 0.218. The van der Waals surface area contributed by atoms with Crippen molar-refractivity contribution in [3.05, 3.63) is 81.8 Å². The van der Waals surface area contributed by atoms with Crippen molar-refractivity contribution >= 4 is 0 Å². The van der Waals surface area contributed by atoms with E-state index in [-0.39, 0.29) is 5.56 Å². The highest BCUT2D eigenvalue weighted by atomic mass is 16.5. The molecule has 0 bridgehead atoms.